The predicted octanol–water partition coefficient (Wildman–Crippen LogP) is 3.45. The first kappa shape index (κ1) is 15.6. The number of halogens is 1. The number of hydrogen-bond acceptors (Lipinski definition) is 2. The average Bonchev–Trinajstić information content (AvgIpc) is 2.45. The number of aliphatic carboxylic acids is 1. The number of piperidine rings is 1. The molecule has 2 rings (SSSR count). The summed E-state index contributed by atoms with van der Waals surface area (Å²) in [5.74, 6) is -0.518. The van der Waals surface area contributed by atoms with Gasteiger partial charge in [-0.1, -0.05) is 17.7 Å². The van der Waals surface area contributed by atoms with Gasteiger partial charge in [0, 0.05) is 30.2 Å². The molecule has 2 amide bonds. The van der Waals surface area contributed by atoms with E-state index in [0.717, 1.165) is 12.8 Å². The maximum atomic E-state index is 12.2. The van der Waals surface area contributed by atoms with Crippen molar-refractivity contribution in [3.8, 4) is 0 Å². The van der Waals surface area contributed by atoms with Crippen LogP contribution in [0.4, 0.5) is 10.5 Å². The Kier molecular flexibility index (Phi) is 5.44. The summed E-state index contributed by atoms with van der Waals surface area (Å²) in [6, 6.07) is 6.86. The quantitative estimate of drug-likeness (QED) is 0.895. The number of nitrogens with one attached hydrogen (secondary N) is 1. The third-order valence-corrected chi connectivity index (χ3v) is 3.88. The smallest absolute Gasteiger partial charge is 0.321 e. The maximum absolute atomic E-state index is 12.2. The number of hydrogen-bond donors (Lipinski definition) is 2. The molecular formula is C15H19ClN2O3. The van der Waals surface area contributed by atoms with Gasteiger partial charge in [-0.15, -0.1) is 0 Å². The molecule has 1 saturated heterocycles. The highest BCUT2D eigenvalue weighted by atomic mass is 35.5. The van der Waals surface area contributed by atoms with E-state index in [1.54, 1.807) is 29.2 Å². The monoisotopic (exact) mass is 310 g/mol. The molecule has 1 unspecified atom stereocenters. The van der Waals surface area contributed by atoms with E-state index >= 15 is 0 Å². The third-order valence-electron chi connectivity index (χ3n) is 3.65. The average molecular weight is 311 g/mol. The van der Waals surface area contributed by atoms with Crippen LogP contribution in [0.1, 0.15) is 25.7 Å². The van der Waals surface area contributed by atoms with Gasteiger partial charge in [0.2, 0.25) is 0 Å². The van der Waals surface area contributed by atoms with E-state index < -0.39 is 5.97 Å². The van der Waals surface area contributed by atoms with E-state index in [2.05, 4.69) is 5.32 Å². The van der Waals surface area contributed by atoms with Crippen LogP contribution in [0.2, 0.25) is 5.02 Å². The van der Waals surface area contributed by atoms with Crippen LogP contribution in [0.15, 0.2) is 24.3 Å². The molecular weight excluding hydrogens is 292 g/mol. The minimum atomic E-state index is -0.782. The molecule has 0 radical (unpaired) electrons. The van der Waals surface area contributed by atoms with Crippen molar-refractivity contribution in [2.75, 3.05) is 18.4 Å². The first-order chi connectivity index (χ1) is 10.0. The molecule has 0 bridgehead atoms. The minimum absolute atomic E-state index is 0.155. The van der Waals surface area contributed by atoms with Gasteiger partial charge in [0.05, 0.1) is 0 Å². The summed E-state index contributed by atoms with van der Waals surface area (Å²) in [6.07, 6.45) is 2.67. The van der Waals surface area contributed by atoms with Crippen molar-refractivity contribution in [3.05, 3.63) is 29.3 Å². The Morgan fingerprint density at radius 1 is 1.43 bits per heavy atom. The first-order valence-electron chi connectivity index (χ1n) is 7.08. The van der Waals surface area contributed by atoms with Crippen molar-refractivity contribution in [2.45, 2.75) is 25.7 Å². The summed E-state index contributed by atoms with van der Waals surface area (Å²) in [5, 5.41) is 12.1. The fourth-order valence-electron chi connectivity index (χ4n) is 2.58. The van der Waals surface area contributed by atoms with Gasteiger partial charge in [0.15, 0.2) is 0 Å². The van der Waals surface area contributed by atoms with Gasteiger partial charge in [0.1, 0.15) is 0 Å². The Morgan fingerprint density at radius 2 is 2.24 bits per heavy atom. The molecule has 1 aromatic carbocycles. The van der Waals surface area contributed by atoms with Crippen molar-refractivity contribution < 1.29 is 14.7 Å². The normalized spacial score (nSPS) is 18.3. The zero-order valence-electron chi connectivity index (χ0n) is 11.7. The van der Waals surface area contributed by atoms with Gasteiger partial charge in [-0.3, -0.25) is 4.79 Å². The zero-order valence-corrected chi connectivity index (χ0v) is 12.5. The molecule has 1 fully saturated rings. The van der Waals surface area contributed by atoms with Crippen LogP contribution in [0.3, 0.4) is 0 Å². The largest absolute Gasteiger partial charge is 0.481 e. The SMILES string of the molecule is O=C(O)CCC1CCCN(C(=O)Nc2cccc(Cl)c2)C1. The molecule has 1 aliphatic heterocycles. The molecule has 21 heavy (non-hydrogen) atoms. The third kappa shape index (κ3) is 4.93. The van der Waals surface area contributed by atoms with Crippen LogP contribution >= 0.6 is 11.6 Å². The summed E-state index contributed by atoms with van der Waals surface area (Å²) in [6.45, 7) is 1.32. The second kappa shape index (κ2) is 7.31. The van der Waals surface area contributed by atoms with Crippen LogP contribution in [0.5, 0.6) is 0 Å². The van der Waals surface area contributed by atoms with Crippen LogP contribution in [0, 0.1) is 5.92 Å². The summed E-state index contributed by atoms with van der Waals surface area (Å²) in [4.78, 5) is 24.6. The molecule has 0 aromatic heterocycles. The highest BCUT2D eigenvalue weighted by Gasteiger charge is 2.24. The van der Waals surface area contributed by atoms with Gasteiger partial charge in [-0.2, -0.15) is 0 Å². The lowest BCUT2D eigenvalue weighted by Gasteiger charge is -2.32. The van der Waals surface area contributed by atoms with Gasteiger partial charge < -0.3 is 15.3 Å². The summed E-state index contributed by atoms with van der Waals surface area (Å²) < 4.78 is 0. The number of nitrogens with zero attached hydrogens (tertiary/aromatic N) is 1. The van der Waals surface area contributed by atoms with E-state index in [4.69, 9.17) is 16.7 Å². The van der Waals surface area contributed by atoms with Gasteiger partial charge in [0.25, 0.3) is 0 Å². The number of carbonyl (C=O) groups excluding carboxylic acids is 1. The topological polar surface area (TPSA) is 69.6 Å². The lowest BCUT2D eigenvalue weighted by Crippen LogP contribution is -2.42. The Labute approximate surface area is 128 Å². The highest BCUT2D eigenvalue weighted by Crippen LogP contribution is 2.22. The van der Waals surface area contributed by atoms with Crippen LogP contribution in [0.25, 0.3) is 0 Å². The Bertz CT molecular complexity index is 521. The van der Waals surface area contributed by atoms with E-state index in [0.29, 0.717) is 30.2 Å². The number of urea groups is 1. The number of amides is 2. The highest BCUT2D eigenvalue weighted by molar-refractivity contribution is 6.30. The minimum Gasteiger partial charge on any atom is -0.481 e. The van der Waals surface area contributed by atoms with E-state index in [1.165, 1.54) is 0 Å². The fourth-order valence-corrected chi connectivity index (χ4v) is 2.77. The maximum Gasteiger partial charge on any atom is 0.321 e. The molecule has 5 nitrogen and oxygen atoms in total. The standard InChI is InChI=1S/C15H19ClN2O3/c16-12-4-1-5-13(9-12)17-15(21)18-8-2-3-11(10-18)6-7-14(19)20/h1,4-5,9,11H,2-3,6-8,10H2,(H,17,21)(H,19,20). The summed E-state index contributed by atoms with van der Waals surface area (Å²) in [7, 11) is 0. The number of carbonyl (C=O) groups is 2. The van der Waals surface area contributed by atoms with Gasteiger partial charge in [-0.05, 0) is 43.4 Å². The number of anilines is 1. The van der Waals surface area contributed by atoms with Gasteiger partial charge >= 0.3 is 12.0 Å². The number of carboxylic acids is 1. The number of rotatable bonds is 4. The van der Waals surface area contributed by atoms with Gasteiger partial charge in [-0.25, -0.2) is 4.79 Å². The fraction of sp³-hybridized carbons (Fsp3) is 0.467. The molecule has 0 aliphatic carbocycles. The van der Waals surface area contributed by atoms with E-state index in [9.17, 15) is 9.59 Å². The lowest BCUT2D eigenvalue weighted by atomic mass is 9.93. The second-order valence-corrected chi connectivity index (χ2v) is 5.76. The Balaban J connectivity index is 1.88. The summed E-state index contributed by atoms with van der Waals surface area (Å²) >= 11 is 5.89. The molecule has 6 heteroatoms. The van der Waals surface area contributed by atoms with Crippen molar-refractivity contribution in [3.63, 3.8) is 0 Å². The van der Waals surface area contributed by atoms with Crippen molar-refractivity contribution in [1.29, 1.82) is 0 Å². The van der Waals surface area contributed by atoms with Crippen molar-refractivity contribution in [2.24, 2.45) is 5.92 Å². The molecule has 114 valence electrons. The molecule has 1 atom stereocenters. The number of carboxylic acid groups (broad SMARTS) is 1. The number of likely N-dealkylation sites (tertiary alicyclic amines) is 1. The van der Waals surface area contributed by atoms with E-state index in [1.807, 2.05) is 0 Å². The summed E-state index contributed by atoms with van der Waals surface area (Å²) in [5.41, 5.74) is 0.667. The first-order valence-corrected chi connectivity index (χ1v) is 7.45. The van der Waals surface area contributed by atoms with Crippen molar-refractivity contribution >= 4 is 29.3 Å². The lowest BCUT2D eigenvalue weighted by molar-refractivity contribution is -0.137. The zero-order chi connectivity index (χ0) is 15.2. The molecule has 1 aromatic rings. The molecule has 0 spiro atoms. The number of benzene rings is 1. The Hall–Kier alpha value is -1.75. The molecule has 0 saturated carbocycles. The molecule has 1 aliphatic rings. The molecule has 2 N–H and O–H groups in total. The van der Waals surface area contributed by atoms with Crippen molar-refractivity contribution in [1.82, 2.24) is 4.90 Å². The van der Waals surface area contributed by atoms with Crippen LogP contribution in [-0.2, 0) is 4.79 Å². The molecule has 1 heterocycles. The second-order valence-electron chi connectivity index (χ2n) is 5.33. The van der Waals surface area contributed by atoms with Crippen LogP contribution in [-0.4, -0.2) is 35.1 Å². The Morgan fingerprint density at radius 3 is 2.95 bits per heavy atom. The van der Waals surface area contributed by atoms with Crippen LogP contribution < -0.4 is 5.32 Å². The predicted molar refractivity (Wildman–Crippen MR) is 81.6 cm³/mol. The van der Waals surface area contributed by atoms with E-state index in [-0.39, 0.29) is 18.4 Å².